The van der Waals surface area contributed by atoms with Crippen LogP contribution < -0.4 is 4.74 Å². The van der Waals surface area contributed by atoms with Crippen LogP contribution in [-0.2, 0) is 6.42 Å². The first-order chi connectivity index (χ1) is 16.4. The summed E-state index contributed by atoms with van der Waals surface area (Å²) in [5, 5.41) is 0.849. The highest BCUT2D eigenvalue weighted by Crippen LogP contribution is 2.36. The molecule has 4 aromatic rings. The maximum atomic E-state index is 15.3. The van der Waals surface area contributed by atoms with Crippen molar-refractivity contribution in [3.63, 3.8) is 0 Å². The van der Waals surface area contributed by atoms with Crippen molar-refractivity contribution in [2.75, 3.05) is 7.11 Å². The van der Waals surface area contributed by atoms with Crippen molar-refractivity contribution in [3.05, 3.63) is 89.5 Å². The number of hydrogen-bond acceptors (Lipinski definition) is 1. The van der Waals surface area contributed by atoms with Crippen molar-refractivity contribution in [2.24, 2.45) is 0 Å². The maximum Gasteiger partial charge on any atom is 0.204 e. The molecule has 0 saturated heterocycles. The molecule has 4 aromatic carbocycles. The third-order valence-corrected chi connectivity index (χ3v) is 6.17. The Bertz CT molecular complexity index is 1310. The third kappa shape index (κ3) is 4.65. The van der Waals surface area contributed by atoms with Crippen LogP contribution in [0.5, 0.6) is 5.75 Å². The van der Waals surface area contributed by atoms with Crippen LogP contribution in [0.25, 0.3) is 33.0 Å². The molecule has 0 N–H and O–H groups in total. The van der Waals surface area contributed by atoms with E-state index in [1.165, 1.54) is 37.3 Å². The average Bonchev–Trinajstić information content (AvgIpc) is 2.85. The first-order valence-corrected chi connectivity index (χ1v) is 11.5. The minimum atomic E-state index is -1.49. The van der Waals surface area contributed by atoms with E-state index < -0.39 is 34.6 Å². The number of methoxy groups -OCH3 is 1. The molecule has 4 rings (SSSR count). The monoisotopic (exact) mass is 466 g/mol. The second kappa shape index (κ2) is 10.3. The van der Waals surface area contributed by atoms with Crippen LogP contribution in [0.3, 0.4) is 0 Å². The van der Waals surface area contributed by atoms with Gasteiger partial charge in [0.05, 0.1) is 7.11 Å². The molecule has 5 heteroatoms. The fraction of sp³-hybridized carbons (Fsp3) is 0.241. The number of aryl methyl sites for hydroxylation is 1. The molecule has 0 amide bonds. The van der Waals surface area contributed by atoms with Crippen LogP contribution in [-0.4, -0.2) is 7.11 Å². The highest BCUT2D eigenvalue weighted by molar-refractivity contribution is 5.91. The van der Waals surface area contributed by atoms with Crippen LogP contribution in [0.1, 0.15) is 38.2 Å². The number of rotatable bonds is 8. The Morgan fingerprint density at radius 1 is 0.676 bits per heavy atom. The third-order valence-electron chi connectivity index (χ3n) is 6.17. The van der Waals surface area contributed by atoms with Gasteiger partial charge >= 0.3 is 0 Å². The van der Waals surface area contributed by atoms with Gasteiger partial charge in [0, 0.05) is 16.5 Å². The molecule has 176 valence electrons. The summed E-state index contributed by atoms with van der Waals surface area (Å²) in [5.41, 5.74) is 2.51. The van der Waals surface area contributed by atoms with Gasteiger partial charge in [-0.3, -0.25) is 0 Å². The number of halogens is 4. The number of ether oxygens (including phenoxy) is 1. The highest BCUT2D eigenvalue weighted by atomic mass is 19.2. The molecule has 0 heterocycles. The molecule has 0 radical (unpaired) electrons. The minimum absolute atomic E-state index is 0.217. The van der Waals surface area contributed by atoms with Crippen molar-refractivity contribution >= 4 is 10.8 Å². The first kappa shape index (κ1) is 23.8. The van der Waals surface area contributed by atoms with Gasteiger partial charge in [0.1, 0.15) is 5.82 Å². The van der Waals surface area contributed by atoms with Crippen LogP contribution in [0, 0.1) is 23.3 Å². The van der Waals surface area contributed by atoms with Gasteiger partial charge in [-0.25, -0.2) is 13.2 Å². The van der Waals surface area contributed by atoms with Crippen LogP contribution >= 0.6 is 0 Å². The van der Waals surface area contributed by atoms with Crippen molar-refractivity contribution in [3.8, 4) is 28.0 Å². The van der Waals surface area contributed by atoms with Gasteiger partial charge < -0.3 is 4.74 Å². The summed E-state index contributed by atoms with van der Waals surface area (Å²) in [6, 6.07) is 17.3. The molecule has 0 aliphatic carbocycles. The Morgan fingerprint density at radius 3 is 2.12 bits per heavy atom. The Hall–Kier alpha value is -3.34. The topological polar surface area (TPSA) is 9.23 Å². The molecule has 0 unspecified atom stereocenters. The summed E-state index contributed by atoms with van der Waals surface area (Å²) in [6.45, 7) is 2.20. The quantitative estimate of drug-likeness (QED) is 0.143. The van der Waals surface area contributed by atoms with Gasteiger partial charge in [0.2, 0.25) is 5.82 Å². The van der Waals surface area contributed by atoms with E-state index in [9.17, 15) is 13.2 Å². The lowest BCUT2D eigenvalue weighted by molar-refractivity contribution is 0.347. The molecule has 0 saturated carbocycles. The Labute approximate surface area is 197 Å². The van der Waals surface area contributed by atoms with Gasteiger partial charge in [-0.15, -0.1) is 0 Å². The molecule has 0 aliphatic heterocycles. The van der Waals surface area contributed by atoms with E-state index in [1.807, 2.05) is 6.07 Å². The van der Waals surface area contributed by atoms with Crippen molar-refractivity contribution in [2.45, 2.75) is 39.0 Å². The lowest BCUT2D eigenvalue weighted by Crippen LogP contribution is -2.00. The van der Waals surface area contributed by atoms with Gasteiger partial charge in [-0.2, -0.15) is 4.39 Å². The average molecular weight is 467 g/mol. The van der Waals surface area contributed by atoms with Gasteiger partial charge in [-0.05, 0) is 47.1 Å². The lowest BCUT2D eigenvalue weighted by atomic mass is 9.96. The normalized spacial score (nSPS) is 11.2. The Balaban J connectivity index is 1.64. The molecule has 34 heavy (non-hydrogen) atoms. The number of unbranched alkanes of at least 4 members (excludes halogenated alkanes) is 3. The fourth-order valence-corrected chi connectivity index (χ4v) is 4.26. The van der Waals surface area contributed by atoms with E-state index in [2.05, 4.69) is 35.9 Å². The van der Waals surface area contributed by atoms with Crippen molar-refractivity contribution < 1.29 is 22.3 Å². The van der Waals surface area contributed by atoms with Crippen LogP contribution in [0.15, 0.2) is 60.7 Å². The van der Waals surface area contributed by atoms with Gasteiger partial charge in [0.25, 0.3) is 0 Å². The summed E-state index contributed by atoms with van der Waals surface area (Å²) in [5.74, 6) is -5.52. The van der Waals surface area contributed by atoms with E-state index >= 15 is 4.39 Å². The molecule has 0 bridgehead atoms. The number of benzene rings is 4. The largest absolute Gasteiger partial charge is 0.491 e. The summed E-state index contributed by atoms with van der Waals surface area (Å²) in [6.07, 6.45) is 5.92. The molecule has 0 spiro atoms. The van der Waals surface area contributed by atoms with E-state index in [4.69, 9.17) is 0 Å². The predicted octanol–water partition coefficient (Wildman–Crippen LogP) is 8.86. The molecule has 0 fully saturated rings. The molecule has 1 nitrogen and oxygen atoms in total. The summed E-state index contributed by atoms with van der Waals surface area (Å²) in [4.78, 5) is 0. The van der Waals surface area contributed by atoms with E-state index in [1.54, 1.807) is 18.2 Å². The molecule has 0 aliphatic rings. The zero-order valence-electron chi connectivity index (χ0n) is 19.2. The molecule has 0 atom stereocenters. The summed E-state index contributed by atoms with van der Waals surface area (Å²) in [7, 11) is 1.04. The maximum absolute atomic E-state index is 15.3. The lowest BCUT2D eigenvalue weighted by Gasteiger charge is -2.12. The Kier molecular flexibility index (Phi) is 7.20. The van der Waals surface area contributed by atoms with E-state index in [0.29, 0.717) is 5.39 Å². The Morgan fingerprint density at radius 2 is 1.41 bits per heavy atom. The zero-order valence-corrected chi connectivity index (χ0v) is 19.2. The fourth-order valence-electron chi connectivity index (χ4n) is 4.26. The smallest absolute Gasteiger partial charge is 0.204 e. The molecular weight excluding hydrogens is 440 g/mol. The second-order valence-electron chi connectivity index (χ2n) is 8.44. The molecule has 0 aromatic heterocycles. The summed E-state index contributed by atoms with van der Waals surface area (Å²) >= 11 is 0. The van der Waals surface area contributed by atoms with Crippen LogP contribution in [0.4, 0.5) is 17.6 Å². The van der Waals surface area contributed by atoms with Crippen LogP contribution in [0.2, 0.25) is 0 Å². The number of hydrogen-bond donors (Lipinski definition) is 0. The minimum Gasteiger partial charge on any atom is -0.491 e. The van der Waals surface area contributed by atoms with Crippen molar-refractivity contribution in [1.29, 1.82) is 0 Å². The van der Waals surface area contributed by atoms with Gasteiger partial charge in [-0.1, -0.05) is 74.7 Å². The first-order valence-electron chi connectivity index (χ1n) is 11.5. The second-order valence-corrected chi connectivity index (χ2v) is 8.44. The van der Waals surface area contributed by atoms with E-state index in [0.717, 1.165) is 30.7 Å². The predicted molar refractivity (Wildman–Crippen MR) is 129 cm³/mol. The summed E-state index contributed by atoms with van der Waals surface area (Å²) < 4.78 is 62.7. The number of fused-ring (bicyclic) bond motifs is 1. The molecular formula is C29H26F4O. The van der Waals surface area contributed by atoms with Gasteiger partial charge in [0.15, 0.2) is 17.4 Å². The highest BCUT2D eigenvalue weighted by Gasteiger charge is 2.23. The van der Waals surface area contributed by atoms with E-state index in [-0.39, 0.29) is 10.9 Å². The standard InChI is InChI=1S/C29H26F4O/c1-3-4-5-6-7-18-8-10-19(11-9-18)20-12-14-22-21(16-20)13-15-23(26(22)31)24-17-25(30)29(34-2)28(33)27(24)32/h8-17H,3-7H2,1-2H3. The zero-order chi connectivity index (χ0) is 24.2. The SMILES string of the molecule is CCCCCCc1ccc(-c2ccc3c(F)c(-c4cc(F)c(OC)c(F)c4F)ccc3c2)cc1. The van der Waals surface area contributed by atoms with Crippen molar-refractivity contribution in [1.82, 2.24) is 0 Å².